The summed E-state index contributed by atoms with van der Waals surface area (Å²) in [6.07, 6.45) is 0. The maximum atomic E-state index is 2.56. The van der Waals surface area contributed by atoms with Gasteiger partial charge in [0.2, 0.25) is 0 Å². The van der Waals surface area contributed by atoms with Crippen molar-refractivity contribution in [1.82, 2.24) is 0 Å². The van der Waals surface area contributed by atoms with E-state index in [0.29, 0.717) is 0 Å². The van der Waals surface area contributed by atoms with Crippen LogP contribution in [0.1, 0.15) is 263 Å². The maximum absolute atomic E-state index is 2.56. The Kier molecular flexibility index (Phi) is 27.8. The van der Waals surface area contributed by atoms with Crippen molar-refractivity contribution in [2.45, 2.75) is 262 Å². The van der Waals surface area contributed by atoms with Crippen LogP contribution in [0, 0.1) is 0 Å². The van der Waals surface area contributed by atoms with E-state index in [2.05, 4.69) is 450 Å². The summed E-state index contributed by atoms with van der Waals surface area (Å²) in [5.74, 6) is 0. The van der Waals surface area contributed by atoms with Crippen molar-refractivity contribution < 1.29 is 0 Å². The Bertz CT molecular complexity index is 5660. The van der Waals surface area contributed by atoms with E-state index in [4.69, 9.17) is 0 Å². The zero-order chi connectivity index (χ0) is 93.4. The van der Waals surface area contributed by atoms with E-state index in [9.17, 15) is 0 Å². The molecule has 0 nitrogen and oxygen atoms in total. The van der Waals surface area contributed by atoms with Crippen molar-refractivity contribution in [3.05, 3.63) is 298 Å². The third-order valence-corrected chi connectivity index (χ3v) is 60.1. The van der Waals surface area contributed by atoms with Gasteiger partial charge < -0.3 is 0 Å². The molecule has 0 spiro atoms. The molecule has 0 unspecified atom stereocenters. The average molecular weight is 2360 g/mol. The van der Waals surface area contributed by atoms with Gasteiger partial charge in [-0.2, -0.15) is 0 Å². The molecular formula is C120H130Se10. The van der Waals surface area contributed by atoms with E-state index >= 15 is 0 Å². The van der Waals surface area contributed by atoms with E-state index in [1.54, 1.807) is 31.3 Å². The first-order valence-corrected chi connectivity index (χ1v) is 63.2. The molecule has 0 N–H and O–H groups in total. The summed E-state index contributed by atoms with van der Waals surface area (Å²) < 4.78 is 16.9. The molecule has 10 aromatic carbocycles. The van der Waals surface area contributed by atoms with Gasteiger partial charge in [0.05, 0.1) is 0 Å². The van der Waals surface area contributed by atoms with Crippen LogP contribution in [0.15, 0.2) is 243 Å². The van der Waals surface area contributed by atoms with E-state index in [-0.39, 0.29) is 199 Å². The van der Waals surface area contributed by atoms with Crippen LogP contribution in [0.25, 0.3) is 143 Å². The average Bonchev–Trinajstić information content (AvgIpc) is 1.58. The van der Waals surface area contributed by atoms with Crippen LogP contribution in [0.2, 0.25) is 0 Å². The molecule has 0 aliphatic rings. The molecule has 6 aromatic heterocycles. The Balaban J connectivity index is 1.24. The van der Waals surface area contributed by atoms with E-state index in [0.717, 1.165) is 0 Å². The second kappa shape index (κ2) is 36.9. The first-order valence-electron chi connectivity index (χ1n) is 46.0. The van der Waals surface area contributed by atoms with E-state index < -0.39 is 0 Å². The van der Waals surface area contributed by atoms with Crippen molar-refractivity contribution in [3.63, 3.8) is 0 Å². The van der Waals surface area contributed by atoms with Gasteiger partial charge in [-0.1, -0.05) is 0 Å². The van der Waals surface area contributed by atoms with Gasteiger partial charge in [-0.05, 0) is 0 Å². The first kappa shape index (κ1) is 97.9. The molecule has 16 aromatic rings. The predicted molar refractivity (Wildman–Crippen MR) is 586 cm³/mol. The molecule has 0 aliphatic heterocycles. The molecule has 130 heavy (non-hydrogen) atoms. The number of benzene rings is 10. The predicted octanol–water partition coefficient (Wildman–Crippen LogP) is 31.6. The monoisotopic (exact) mass is 2370 g/mol. The van der Waals surface area contributed by atoms with Crippen molar-refractivity contribution in [1.29, 1.82) is 0 Å². The zero-order valence-corrected chi connectivity index (χ0v) is 99.3. The fourth-order valence-corrected chi connectivity index (χ4v) is 71.6. The quantitative estimate of drug-likeness (QED) is 0.120. The van der Waals surface area contributed by atoms with Crippen LogP contribution in [-0.2, 0) is 54.1 Å². The fraction of sp³-hybridized carbons (Fsp3) is 0.333. The van der Waals surface area contributed by atoms with Gasteiger partial charge in [0, 0.05) is 0 Å². The molecule has 670 valence electrons. The molecule has 0 atom stereocenters. The molecule has 10 bridgehead atoms. The van der Waals surface area contributed by atoms with Crippen LogP contribution in [0.5, 0.6) is 0 Å². The van der Waals surface area contributed by atoms with E-state index in [1.807, 2.05) is 0 Å². The third-order valence-electron chi connectivity index (χ3n) is 25.5. The fourth-order valence-electron chi connectivity index (χ4n) is 17.1. The molecule has 6 heterocycles. The standard InChI is InChI=1S/C120H130Se10/c1-111(2,3)81-51-31-71(32-52-81)91-92(72-33-53-82(54-34-72)112(4,5)6)102-121-101(91)126-103-93(73-35-55-83(56-36-73)113(7,8)9)94(74-37-57-84(58-38-74)114(10,11)12)105(122-103)128-107-97(77-43-63-87(64-44-77)117(19,20)21)98(78-45-65-88(66-46-78)118(22,23)24)109(124-107)130-110-100(80-49-69-90(70-50-80)120(28,29)30)99(79-47-67-89(68-48-79)119(25,26)27)108(125-110)129-106-96(76-41-61-86(62-42-76)116(16,17)18)95(104(123-106)127-102)75-39-59-85(60-40-75)115(13,14)15/h31-70H,1-30H3. The Hall–Kier alpha value is -5.21. The number of hydrogen-bond donors (Lipinski definition) is 0. The molecule has 0 saturated heterocycles. The summed E-state index contributed by atoms with van der Waals surface area (Å²) >= 11 is -0.410. The molecule has 0 radical (unpaired) electrons. The number of hydrogen-bond acceptors (Lipinski definition) is 0. The Labute approximate surface area is 838 Å². The number of fused-ring (bicyclic) bond motifs is 10. The second-order valence-electron chi connectivity index (χ2n) is 45.9. The minimum absolute atomic E-state index is 0.0160. The van der Waals surface area contributed by atoms with Crippen LogP contribution >= 0.6 is 0 Å². The molecule has 0 amide bonds. The van der Waals surface area contributed by atoms with Crippen molar-refractivity contribution >= 4 is 176 Å². The van der Waals surface area contributed by atoms with Crippen LogP contribution < -0.4 is 0 Å². The topological polar surface area (TPSA) is 0 Å². The Morgan fingerprint density at radius 1 is 0.100 bits per heavy atom. The minimum atomic E-state index is -0.0659. The molecule has 0 fully saturated rings. The summed E-state index contributed by atoms with van der Waals surface area (Å²) in [7, 11) is 0. The van der Waals surface area contributed by atoms with Gasteiger partial charge in [-0.25, -0.2) is 0 Å². The second-order valence-corrected chi connectivity index (χ2v) is 80.4. The summed E-state index contributed by atoms with van der Waals surface area (Å²) in [5, 5.41) is 0. The normalized spacial score (nSPS) is 13.0. The van der Waals surface area contributed by atoms with Crippen molar-refractivity contribution in [2.75, 3.05) is 0 Å². The van der Waals surface area contributed by atoms with Crippen molar-refractivity contribution in [2.24, 2.45) is 0 Å². The van der Waals surface area contributed by atoms with Gasteiger partial charge in [0.25, 0.3) is 0 Å². The Morgan fingerprint density at radius 2 is 0.162 bits per heavy atom. The summed E-state index contributed by atoms with van der Waals surface area (Å²) in [6, 6.07) is 101. The van der Waals surface area contributed by atoms with Gasteiger partial charge in [0.1, 0.15) is 0 Å². The van der Waals surface area contributed by atoms with Gasteiger partial charge in [-0.3, -0.25) is 0 Å². The van der Waals surface area contributed by atoms with E-state index in [1.165, 1.54) is 167 Å². The Morgan fingerprint density at radius 3 is 0.215 bits per heavy atom. The van der Waals surface area contributed by atoms with Crippen LogP contribution in [0.4, 0.5) is 0 Å². The van der Waals surface area contributed by atoms with Gasteiger partial charge in [-0.15, -0.1) is 0 Å². The van der Waals surface area contributed by atoms with Crippen molar-refractivity contribution in [3.8, 4) is 111 Å². The molecular weight excluding hydrogens is 2230 g/mol. The zero-order valence-electron chi connectivity index (χ0n) is 82.2. The molecule has 0 saturated carbocycles. The van der Waals surface area contributed by atoms with Crippen LogP contribution in [-0.4, -0.2) is 145 Å². The number of rotatable bonds is 10. The summed E-state index contributed by atoms with van der Waals surface area (Å²) in [5.41, 5.74) is 42.3. The summed E-state index contributed by atoms with van der Waals surface area (Å²) in [6.45, 7) is 71.7. The van der Waals surface area contributed by atoms with Gasteiger partial charge >= 0.3 is 848 Å². The molecule has 10 heteroatoms. The molecule has 0 aliphatic carbocycles. The molecule has 16 rings (SSSR count). The van der Waals surface area contributed by atoms with Gasteiger partial charge in [0.15, 0.2) is 0 Å². The third kappa shape index (κ3) is 21.0. The SMILES string of the molecule is CC(C)(C)c1ccc(-c2c(-c3ccc(C(C)(C)C)cc3)c3[se]c2[se]c2[se]c([se]c4[se]c([se]c5[se]c([se]c6[se]c([se]3)c(-c3ccc(C(C)(C)C)cc3)c6-c3ccc(C(C)(C)C)cc3)c(-c3ccc(C(C)(C)C)cc3)c5-c3ccc(C(C)(C)C)cc3)c(-c3ccc(C(C)(C)C)cc3)c4-c3ccc(C(C)(C)C)cc3)c(-c3ccc(C(C)(C)C)cc3)c2-c2ccc(C(C)(C)C)cc2)cc1. The van der Waals surface area contributed by atoms with Crippen LogP contribution in [0.3, 0.4) is 0 Å². The first-order chi connectivity index (χ1) is 60.7. The summed E-state index contributed by atoms with van der Waals surface area (Å²) in [4.78, 5) is 0.